The fraction of sp³-hybridized carbons (Fsp3) is 0.500. The summed E-state index contributed by atoms with van der Waals surface area (Å²) in [5.74, 6) is 3.70. The van der Waals surface area contributed by atoms with Gasteiger partial charge in [0.2, 0.25) is 0 Å². The minimum absolute atomic E-state index is 0.678. The molecular weight excluding hydrogens is 248 g/mol. The van der Waals surface area contributed by atoms with E-state index < -0.39 is 0 Å². The van der Waals surface area contributed by atoms with Crippen LogP contribution in [0, 0.1) is 18.8 Å². The van der Waals surface area contributed by atoms with Crippen LogP contribution in [0.25, 0.3) is 5.82 Å². The van der Waals surface area contributed by atoms with Crippen LogP contribution in [-0.2, 0) is 0 Å². The van der Waals surface area contributed by atoms with E-state index in [0.717, 1.165) is 29.2 Å². The average Bonchev–Trinajstić information content (AvgIpc) is 3.36. The summed E-state index contributed by atoms with van der Waals surface area (Å²) >= 11 is 0. The van der Waals surface area contributed by atoms with Crippen molar-refractivity contribution in [2.24, 2.45) is 11.8 Å². The Kier molecular flexibility index (Phi) is 2.76. The maximum absolute atomic E-state index is 4.55. The summed E-state index contributed by atoms with van der Waals surface area (Å²) in [6.45, 7) is 1.99. The van der Waals surface area contributed by atoms with E-state index in [4.69, 9.17) is 0 Å². The summed E-state index contributed by atoms with van der Waals surface area (Å²) in [5.41, 5.74) is 1.15. The van der Waals surface area contributed by atoms with Gasteiger partial charge in [0, 0.05) is 18.4 Å². The van der Waals surface area contributed by atoms with Crippen molar-refractivity contribution in [3.8, 4) is 5.82 Å². The van der Waals surface area contributed by atoms with E-state index in [1.54, 1.807) is 6.20 Å². The van der Waals surface area contributed by atoms with Gasteiger partial charge < -0.3 is 5.32 Å². The lowest BCUT2D eigenvalue weighted by atomic mass is 10.1. The lowest BCUT2D eigenvalue weighted by Gasteiger charge is -2.19. The van der Waals surface area contributed by atoms with Gasteiger partial charge >= 0.3 is 0 Å². The van der Waals surface area contributed by atoms with Crippen molar-refractivity contribution in [1.82, 2.24) is 14.5 Å². The monoisotopic (exact) mass is 268 g/mol. The summed E-state index contributed by atoms with van der Waals surface area (Å²) in [6.07, 6.45) is 11.3. The lowest BCUT2D eigenvalue weighted by molar-refractivity contribution is 0.567. The molecule has 0 amide bonds. The molecule has 1 N–H and O–H groups in total. The molecule has 2 aromatic rings. The predicted molar refractivity (Wildman–Crippen MR) is 79.0 cm³/mol. The quantitative estimate of drug-likeness (QED) is 0.905. The third kappa shape index (κ3) is 2.30. The Morgan fingerprint density at radius 2 is 1.90 bits per heavy atom. The highest BCUT2D eigenvalue weighted by molar-refractivity contribution is 5.45. The van der Waals surface area contributed by atoms with E-state index in [1.807, 2.05) is 23.9 Å². The molecule has 0 atom stereocenters. The van der Waals surface area contributed by atoms with Crippen molar-refractivity contribution < 1.29 is 0 Å². The van der Waals surface area contributed by atoms with Gasteiger partial charge in [0.1, 0.15) is 11.6 Å². The molecule has 0 aromatic carbocycles. The Balaban J connectivity index is 1.51. The number of anilines is 1. The van der Waals surface area contributed by atoms with Crippen molar-refractivity contribution in [1.29, 1.82) is 0 Å². The molecule has 0 aliphatic heterocycles. The van der Waals surface area contributed by atoms with Crippen LogP contribution in [0.15, 0.2) is 30.7 Å². The summed E-state index contributed by atoms with van der Waals surface area (Å²) in [6, 6.07) is 4.88. The molecule has 0 bridgehead atoms. The Morgan fingerprint density at radius 1 is 1.15 bits per heavy atom. The van der Waals surface area contributed by atoms with Crippen molar-refractivity contribution in [2.45, 2.75) is 38.6 Å². The molecule has 0 radical (unpaired) electrons. The zero-order chi connectivity index (χ0) is 13.5. The lowest BCUT2D eigenvalue weighted by Crippen LogP contribution is -2.24. The molecule has 20 heavy (non-hydrogen) atoms. The molecule has 4 rings (SSSR count). The van der Waals surface area contributed by atoms with Crippen molar-refractivity contribution >= 4 is 5.69 Å². The van der Waals surface area contributed by atoms with Gasteiger partial charge in [-0.25, -0.2) is 9.97 Å². The summed E-state index contributed by atoms with van der Waals surface area (Å²) in [7, 11) is 0. The predicted octanol–water partition coefficient (Wildman–Crippen LogP) is 3.18. The number of aryl methyl sites for hydroxylation is 1. The Morgan fingerprint density at radius 3 is 2.40 bits per heavy atom. The number of pyridine rings is 1. The van der Waals surface area contributed by atoms with Gasteiger partial charge in [0.05, 0.1) is 11.9 Å². The summed E-state index contributed by atoms with van der Waals surface area (Å²) < 4.78 is 2.00. The Bertz CT molecular complexity index is 581. The van der Waals surface area contributed by atoms with Gasteiger partial charge in [-0.15, -0.1) is 0 Å². The van der Waals surface area contributed by atoms with Crippen molar-refractivity contribution in [3.05, 3.63) is 36.5 Å². The molecule has 4 nitrogen and oxygen atoms in total. The van der Waals surface area contributed by atoms with Crippen LogP contribution in [0.5, 0.6) is 0 Å². The highest BCUT2D eigenvalue weighted by Gasteiger charge is 2.41. The first-order valence-electron chi connectivity index (χ1n) is 7.54. The highest BCUT2D eigenvalue weighted by atomic mass is 15.1. The van der Waals surface area contributed by atoms with Crippen molar-refractivity contribution in [2.75, 3.05) is 5.32 Å². The van der Waals surface area contributed by atoms with Crippen LogP contribution in [-0.4, -0.2) is 20.6 Å². The van der Waals surface area contributed by atoms with Gasteiger partial charge in [-0.3, -0.25) is 4.57 Å². The van der Waals surface area contributed by atoms with Gasteiger partial charge in [0.15, 0.2) is 0 Å². The van der Waals surface area contributed by atoms with E-state index in [9.17, 15) is 0 Å². The van der Waals surface area contributed by atoms with Gasteiger partial charge in [0.25, 0.3) is 0 Å². The Hall–Kier alpha value is -1.84. The third-order valence-electron chi connectivity index (χ3n) is 4.41. The zero-order valence-corrected chi connectivity index (χ0v) is 11.8. The Labute approximate surface area is 119 Å². The van der Waals surface area contributed by atoms with E-state index in [1.165, 1.54) is 25.7 Å². The first-order valence-corrected chi connectivity index (χ1v) is 7.54. The molecule has 2 heterocycles. The number of nitrogens with one attached hydrogen (secondary N) is 1. The molecule has 2 aliphatic carbocycles. The van der Waals surface area contributed by atoms with E-state index >= 15 is 0 Å². The fourth-order valence-electron chi connectivity index (χ4n) is 2.96. The van der Waals surface area contributed by atoms with Crippen LogP contribution in [0.2, 0.25) is 0 Å². The van der Waals surface area contributed by atoms with Crippen LogP contribution in [0.4, 0.5) is 5.69 Å². The molecule has 0 unspecified atom stereocenters. The molecule has 4 heteroatoms. The molecule has 104 valence electrons. The SMILES string of the molecule is Cc1nccn1-c1ccc(NC(C2CC2)C2CC2)cn1. The van der Waals surface area contributed by atoms with Crippen molar-refractivity contribution in [3.63, 3.8) is 0 Å². The first-order chi connectivity index (χ1) is 9.81. The zero-order valence-electron chi connectivity index (χ0n) is 11.8. The van der Waals surface area contributed by atoms with Crippen LogP contribution < -0.4 is 5.32 Å². The summed E-state index contributed by atoms with van der Waals surface area (Å²) in [5, 5.41) is 3.70. The first kappa shape index (κ1) is 11.9. The average molecular weight is 268 g/mol. The second-order valence-corrected chi connectivity index (χ2v) is 6.09. The smallest absolute Gasteiger partial charge is 0.138 e. The second-order valence-electron chi connectivity index (χ2n) is 6.09. The van der Waals surface area contributed by atoms with Gasteiger partial charge in [-0.05, 0) is 56.6 Å². The minimum atomic E-state index is 0.678. The molecule has 2 saturated carbocycles. The van der Waals surface area contributed by atoms with Gasteiger partial charge in [-0.2, -0.15) is 0 Å². The molecule has 0 saturated heterocycles. The number of hydrogen-bond donors (Lipinski definition) is 1. The van der Waals surface area contributed by atoms with Crippen LogP contribution in [0.1, 0.15) is 31.5 Å². The van der Waals surface area contributed by atoms with E-state index in [2.05, 4.69) is 27.4 Å². The van der Waals surface area contributed by atoms with Gasteiger partial charge in [-0.1, -0.05) is 0 Å². The molecule has 0 spiro atoms. The summed E-state index contributed by atoms with van der Waals surface area (Å²) in [4.78, 5) is 8.79. The molecule has 2 aromatic heterocycles. The fourth-order valence-corrected chi connectivity index (χ4v) is 2.96. The molecule has 2 aliphatic rings. The topological polar surface area (TPSA) is 42.7 Å². The third-order valence-corrected chi connectivity index (χ3v) is 4.41. The van der Waals surface area contributed by atoms with E-state index in [-0.39, 0.29) is 0 Å². The largest absolute Gasteiger partial charge is 0.381 e. The standard InChI is InChI=1S/C16H20N4/c1-11-17-8-9-20(11)15-7-6-14(10-18-15)19-16(12-2-3-12)13-4-5-13/h6-10,12-13,16,19H,2-5H2,1H3. The number of aromatic nitrogens is 3. The minimum Gasteiger partial charge on any atom is -0.381 e. The normalized spacial score (nSPS) is 18.5. The number of hydrogen-bond acceptors (Lipinski definition) is 3. The number of rotatable bonds is 5. The van der Waals surface area contributed by atoms with E-state index in [0.29, 0.717) is 6.04 Å². The van der Waals surface area contributed by atoms with Crippen LogP contribution in [0.3, 0.4) is 0 Å². The maximum Gasteiger partial charge on any atom is 0.138 e. The molecular formula is C16H20N4. The second kappa shape index (κ2) is 4.62. The number of nitrogens with zero attached hydrogens (tertiary/aromatic N) is 3. The molecule has 2 fully saturated rings. The maximum atomic E-state index is 4.55. The highest BCUT2D eigenvalue weighted by Crippen LogP contribution is 2.45. The van der Waals surface area contributed by atoms with Crippen LogP contribution >= 0.6 is 0 Å². The number of imidazole rings is 1.